The van der Waals surface area contributed by atoms with Gasteiger partial charge in [-0.3, -0.25) is 0 Å². The van der Waals surface area contributed by atoms with Gasteiger partial charge in [-0.15, -0.1) is 0 Å². The lowest BCUT2D eigenvalue weighted by atomic mass is 10.00. The molecule has 1 aliphatic rings. The summed E-state index contributed by atoms with van der Waals surface area (Å²) >= 11 is 0. The second-order valence-electron chi connectivity index (χ2n) is 5.72. The SMILES string of the molecule is CCOC(=O)c1noc2nc(C)nc(N3CCC[C@@H](C)C3)c12. The maximum Gasteiger partial charge on any atom is 0.361 e. The molecule has 0 saturated carbocycles. The molecule has 0 amide bonds. The Balaban J connectivity index is 2.10. The number of nitrogens with zero attached hydrogens (tertiary/aromatic N) is 4. The maximum absolute atomic E-state index is 12.1. The highest BCUT2D eigenvalue weighted by Crippen LogP contribution is 2.30. The first-order valence-corrected chi connectivity index (χ1v) is 7.66. The number of aryl methyl sites for hydroxylation is 1. The Morgan fingerprint density at radius 1 is 1.45 bits per heavy atom. The fourth-order valence-electron chi connectivity index (χ4n) is 2.89. The largest absolute Gasteiger partial charge is 0.461 e. The number of ether oxygens (including phenoxy) is 1. The molecule has 2 aromatic rings. The predicted octanol–water partition coefficient (Wildman–Crippen LogP) is 2.34. The minimum atomic E-state index is -0.500. The number of carbonyl (C=O) groups excluding carboxylic acids is 1. The van der Waals surface area contributed by atoms with Crippen LogP contribution in [-0.2, 0) is 4.74 Å². The average molecular weight is 304 g/mol. The molecule has 1 saturated heterocycles. The molecule has 1 atom stereocenters. The van der Waals surface area contributed by atoms with Gasteiger partial charge in [-0.2, -0.15) is 4.98 Å². The van der Waals surface area contributed by atoms with Crippen molar-refractivity contribution < 1.29 is 14.1 Å². The van der Waals surface area contributed by atoms with Gasteiger partial charge in [0.15, 0.2) is 0 Å². The molecule has 7 heteroatoms. The van der Waals surface area contributed by atoms with Gasteiger partial charge in [0, 0.05) is 13.1 Å². The van der Waals surface area contributed by atoms with E-state index < -0.39 is 5.97 Å². The van der Waals surface area contributed by atoms with Crippen molar-refractivity contribution in [3.05, 3.63) is 11.5 Å². The summed E-state index contributed by atoms with van der Waals surface area (Å²) in [5.74, 6) is 1.41. The van der Waals surface area contributed by atoms with Crippen LogP contribution in [0.2, 0.25) is 0 Å². The predicted molar refractivity (Wildman–Crippen MR) is 80.9 cm³/mol. The zero-order chi connectivity index (χ0) is 15.7. The summed E-state index contributed by atoms with van der Waals surface area (Å²) in [6, 6.07) is 0. The fraction of sp³-hybridized carbons (Fsp3) is 0.600. The van der Waals surface area contributed by atoms with Gasteiger partial charge in [0.1, 0.15) is 17.0 Å². The Kier molecular flexibility index (Phi) is 3.96. The van der Waals surface area contributed by atoms with Crippen LogP contribution in [0, 0.1) is 12.8 Å². The molecule has 0 bridgehead atoms. The van der Waals surface area contributed by atoms with Gasteiger partial charge in [-0.1, -0.05) is 12.1 Å². The Morgan fingerprint density at radius 2 is 2.27 bits per heavy atom. The third kappa shape index (κ3) is 2.63. The van der Waals surface area contributed by atoms with Crippen molar-refractivity contribution in [1.29, 1.82) is 0 Å². The molecule has 0 N–H and O–H groups in total. The van der Waals surface area contributed by atoms with Crippen molar-refractivity contribution in [2.45, 2.75) is 33.6 Å². The number of rotatable bonds is 3. The van der Waals surface area contributed by atoms with Crippen LogP contribution in [0.25, 0.3) is 11.1 Å². The molecular weight excluding hydrogens is 284 g/mol. The normalized spacial score (nSPS) is 18.7. The number of hydrogen-bond donors (Lipinski definition) is 0. The summed E-state index contributed by atoms with van der Waals surface area (Å²) in [6.07, 6.45) is 2.31. The van der Waals surface area contributed by atoms with E-state index >= 15 is 0 Å². The van der Waals surface area contributed by atoms with Gasteiger partial charge < -0.3 is 14.2 Å². The molecular formula is C15H20N4O3. The molecule has 3 heterocycles. The standard InChI is InChI=1S/C15H20N4O3/c1-4-21-15(20)12-11-13(19-7-5-6-9(2)8-19)16-10(3)17-14(11)22-18-12/h9H,4-8H2,1-3H3/t9-/m1/s1. The van der Waals surface area contributed by atoms with Gasteiger partial charge in [-0.25, -0.2) is 9.78 Å². The summed E-state index contributed by atoms with van der Waals surface area (Å²) < 4.78 is 10.3. The van der Waals surface area contributed by atoms with Crippen LogP contribution in [0.1, 0.15) is 43.0 Å². The van der Waals surface area contributed by atoms with Gasteiger partial charge in [-0.05, 0) is 32.6 Å². The molecule has 3 rings (SSSR count). The molecule has 0 radical (unpaired) electrons. The molecule has 2 aromatic heterocycles. The number of fused-ring (bicyclic) bond motifs is 1. The Bertz CT molecular complexity index is 697. The zero-order valence-electron chi connectivity index (χ0n) is 13.1. The fourth-order valence-corrected chi connectivity index (χ4v) is 2.89. The quantitative estimate of drug-likeness (QED) is 0.805. The lowest BCUT2D eigenvalue weighted by Crippen LogP contribution is -2.35. The highest BCUT2D eigenvalue weighted by atomic mass is 16.5. The average Bonchev–Trinajstić information content (AvgIpc) is 2.90. The molecule has 0 aliphatic carbocycles. The highest BCUT2D eigenvalue weighted by Gasteiger charge is 2.27. The molecule has 118 valence electrons. The first kappa shape index (κ1) is 14.7. The minimum absolute atomic E-state index is 0.157. The Hall–Kier alpha value is -2.18. The molecule has 1 aliphatic heterocycles. The zero-order valence-corrected chi connectivity index (χ0v) is 13.1. The lowest BCUT2D eigenvalue weighted by molar-refractivity contribution is 0.0517. The number of esters is 1. The first-order chi connectivity index (χ1) is 10.6. The Morgan fingerprint density at radius 3 is 3.00 bits per heavy atom. The third-order valence-corrected chi connectivity index (χ3v) is 3.85. The number of hydrogen-bond acceptors (Lipinski definition) is 7. The topological polar surface area (TPSA) is 81.3 Å². The Labute approximate surface area is 128 Å². The van der Waals surface area contributed by atoms with Crippen molar-refractivity contribution in [1.82, 2.24) is 15.1 Å². The highest BCUT2D eigenvalue weighted by molar-refractivity contribution is 6.04. The third-order valence-electron chi connectivity index (χ3n) is 3.85. The van der Waals surface area contributed by atoms with Crippen LogP contribution in [0.15, 0.2) is 4.52 Å². The van der Waals surface area contributed by atoms with Crippen molar-refractivity contribution in [2.24, 2.45) is 5.92 Å². The molecule has 1 fully saturated rings. The van der Waals surface area contributed by atoms with Crippen molar-refractivity contribution in [2.75, 3.05) is 24.6 Å². The molecule has 22 heavy (non-hydrogen) atoms. The van der Waals surface area contributed by atoms with E-state index in [-0.39, 0.29) is 12.3 Å². The summed E-state index contributed by atoms with van der Waals surface area (Å²) in [7, 11) is 0. The number of anilines is 1. The molecule has 0 aromatic carbocycles. The van der Waals surface area contributed by atoms with Gasteiger partial charge in [0.25, 0.3) is 5.71 Å². The second-order valence-corrected chi connectivity index (χ2v) is 5.72. The van der Waals surface area contributed by atoms with Gasteiger partial charge >= 0.3 is 5.97 Å². The van der Waals surface area contributed by atoms with Crippen LogP contribution in [0.4, 0.5) is 5.82 Å². The van der Waals surface area contributed by atoms with Crippen LogP contribution in [0.3, 0.4) is 0 Å². The number of piperidine rings is 1. The minimum Gasteiger partial charge on any atom is -0.461 e. The van der Waals surface area contributed by atoms with E-state index in [1.54, 1.807) is 6.92 Å². The molecule has 0 spiro atoms. The summed E-state index contributed by atoms with van der Waals surface area (Å²) in [6.45, 7) is 7.88. The van der Waals surface area contributed by atoms with Crippen LogP contribution in [-0.4, -0.2) is 40.8 Å². The van der Waals surface area contributed by atoms with E-state index in [1.807, 2.05) is 6.92 Å². The van der Waals surface area contributed by atoms with Crippen LogP contribution >= 0.6 is 0 Å². The van der Waals surface area contributed by atoms with Crippen molar-refractivity contribution in [3.8, 4) is 0 Å². The first-order valence-electron chi connectivity index (χ1n) is 7.66. The second kappa shape index (κ2) is 5.90. The monoisotopic (exact) mass is 304 g/mol. The summed E-state index contributed by atoms with van der Waals surface area (Å²) in [5.41, 5.74) is 0.494. The van der Waals surface area contributed by atoms with Gasteiger partial charge in [0.2, 0.25) is 5.69 Å². The van der Waals surface area contributed by atoms with Crippen LogP contribution < -0.4 is 4.90 Å². The van der Waals surface area contributed by atoms with Gasteiger partial charge in [0.05, 0.1) is 6.61 Å². The van der Waals surface area contributed by atoms with E-state index in [2.05, 4.69) is 26.9 Å². The molecule has 7 nitrogen and oxygen atoms in total. The van der Waals surface area contributed by atoms with E-state index in [4.69, 9.17) is 9.26 Å². The van der Waals surface area contributed by atoms with E-state index in [1.165, 1.54) is 6.42 Å². The van der Waals surface area contributed by atoms with Crippen LogP contribution in [0.5, 0.6) is 0 Å². The van der Waals surface area contributed by atoms with E-state index in [0.29, 0.717) is 22.8 Å². The van der Waals surface area contributed by atoms with Crippen molar-refractivity contribution >= 4 is 22.9 Å². The lowest BCUT2D eigenvalue weighted by Gasteiger charge is -2.32. The summed E-state index contributed by atoms with van der Waals surface area (Å²) in [5, 5.41) is 4.40. The number of aromatic nitrogens is 3. The summed E-state index contributed by atoms with van der Waals surface area (Å²) in [4.78, 5) is 23.1. The van der Waals surface area contributed by atoms with E-state index in [9.17, 15) is 4.79 Å². The smallest absolute Gasteiger partial charge is 0.361 e. The van der Waals surface area contributed by atoms with Crippen molar-refractivity contribution in [3.63, 3.8) is 0 Å². The number of carbonyl (C=O) groups is 1. The maximum atomic E-state index is 12.1. The van der Waals surface area contributed by atoms with E-state index in [0.717, 1.165) is 25.3 Å². The molecule has 0 unspecified atom stereocenters.